The van der Waals surface area contributed by atoms with Gasteiger partial charge in [0, 0.05) is 29.6 Å². The lowest BCUT2D eigenvalue weighted by Crippen LogP contribution is -2.60. The standard InChI is InChI=1S/C29H36Cl2N2O5S/c1-5-21(17-33(3)39(36,37)24-13-14-24)29(18(2)27(34)38-4)16-25(20-7-6-8-23(31)15-20)26(32-28(29)35)19-9-11-22(30)12-10-19/h6-12,15,18,21,24-26H,5,13-14,16-17H2,1-4H3,(H,32,35)/t18?,21-,25-,26-,29-/m1/s1. The summed E-state index contributed by atoms with van der Waals surface area (Å²) < 4.78 is 32.7. The van der Waals surface area contributed by atoms with Crippen molar-refractivity contribution in [2.75, 3.05) is 20.7 Å². The van der Waals surface area contributed by atoms with Crippen LogP contribution in [0.25, 0.3) is 0 Å². The predicted molar refractivity (Wildman–Crippen MR) is 153 cm³/mol. The first-order valence-electron chi connectivity index (χ1n) is 13.3. The van der Waals surface area contributed by atoms with Crippen molar-refractivity contribution in [1.82, 2.24) is 9.62 Å². The van der Waals surface area contributed by atoms with E-state index >= 15 is 0 Å². The molecule has 1 N–H and O–H groups in total. The molecule has 1 unspecified atom stereocenters. The van der Waals surface area contributed by atoms with E-state index in [1.54, 1.807) is 32.2 Å². The number of carbonyl (C=O) groups is 2. The zero-order valence-corrected chi connectivity index (χ0v) is 25.0. The van der Waals surface area contributed by atoms with Gasteiger partial charge in [0.1, 0.15) is 0 Å². The fourth-order valence-electron chi connectivity index (χ4n) is 6.14. The summed E-state index contributed by atoms with van der Waals surface area (Å²) in [5, 5.41) is 4.01. The molecule has 0 radical (unpaired) electrons. The normalized spacial score (nSPS) is 25.2. The summed E-state index contributed by atoms with van der Waals surface area (Å²) in [4.78, 5) is 27.4. The Morgan fingerprint density at radius 1 is 1.13 bits per heavy atom. The molecule has 7 nitrogen and oxygen atoms in total. The largest absolute Gasteiger partial charge is 0.469 e. The third-order valence-electron chi connectivity index (χ3n) is 8.58. The lowest BCUT2D eigenvalue weighted by molar-refractivity contribution is -0.163. The zero-order chi connectivity index (χ0) is 28.5. The molecule has 10 heteroatoms. The monoisotopic (exact) mass is 594 g/mol. The molecule has 1 aliphatic heterocycles. The van der Waals surface area contributed by atoms with Crippen molar-refractivity contribution in [2.24, 2.45) is 17.3 Å². The van der Waals surface area contributed by atoms with Gasteiger partial charge >= 0.3 is 5.97 Å². The first kappa shape index (κ1) is 29.8. The second-order valence-electron chi connectivity index (χ2n) is 10.8. The Kier molecular flexibility index (Phi) is 9.01. The SMILES string of the molecule is CC[C@H](CN(C)S(=O)(=O)C1CC1)[C@]1(C(C)C(=O)OC)C[C@H](c2cccc(Cl)c2)[C@@H](c2ccc(Cl)cc2)NC1=O. The molecule has 5 atom stereocenters. The van der Waals surface area contributed by atoms with Gasteiger partial charge < -0.3 is 10.1 Å². The van der Waals surface area contributed by atoms with Crippen molar-refractivity contribution in [2.45, 2.75) is 56.7 Å². The van der Waals surface area contributed by atoms with Crippen LogP contribution >= 0.6 is 23.2 Å². The summed E-state index contributed by atoms with van der Waals surface area (Å²) >= 11 is 12.6. The lowest BCUT2D eigenvalue weighted by Gasteiger charge is -2.51. The van der Waals surface area contributed by atoms with Crippen LogP contribution in [-0.2, 0) is 24.3 Å². The van der Waals surface area contributed by atoms with E-state index in [1.807, 2.05) is 37.3 Å². The number of sulfonamides is 1. The number of carbonyl (C=O) groups excluding carboxylic acids is 2. The molecule has 1 aliphatic carbocycles. The third-order valence-corrected chi connectivity index (χ3v) is 11.4. The van der Waals surface area contributed by atoms with E-state index in [4.69, 9.17) is 27.9 Å². The average molecular weight is 596 g/mol. The smallest absolute Gasteiger partial charge is 0.309 e. The van der Waals surface area contributed by atoms with Crippen LogP contribution in [0.2, 0.25) is 10.0 Å². The molecule has 39 heavy (non-hydrogen) atoms. The van der Waals surface area contributed by atoms with Crippen molar-refractivity contribution in [3.8, 4) is 0 Å². The van der Waals surface area contributed by atoms with E-state index < -0.39 is 39.3 Å². The number of rotatable bonds is 10. The van der Waals surface area contributed by atoms with Crippen LogP contribution in [0, 0.1) is 17.3 Å². The maximum absolute atomic E-state index is 14.3. The molecular weight excluding hydrogens is 559 g/mol. The number of hydrogen-bond acceptors (Lipinski definition) is 5. The number of halogens is 2. The minimum Gasteiger partial charge on any atom is -0.469 e. The molecule has 0 spiro atoms. The van der Waals surface area contributed by atoms with Crippen LogP contribution in [0.5, 0.6) is 0 Å². The number of nitrogens with one attached hydrogen (secondary N) is 1. The van der Waals surface area contributed by atoms with Crippen molar-refractivity contribution in [3.05, 3.63) is 69.7 Å². The second kappa shape index (κ2) is 11.8. The fourth-order valence-corrected chi connectivity index (χ4v) is 8.09. The van der Waals surface area contributed by atoms with E-state index in [1.165, 1.54) is 11.4 Å². The van der Waals surface area contributed by atoms with Gasteiger partial charge in [0.2, 0.25) is 15.9 Å². The predicted octanol–water partition coefficient (Wildman–Crippen LogP) is 5.58. The Morgan fingerprint density at radius 3 is 2.36 bits per heavy atom. The highest BCUT2D eigenvalue weighted by Gasteiger charge is 2.58. The minimum atomic E-state index is -3.48. The number of esters is 1. The third kappa shape index (κ3) is 5.85. The Balaban J connectivity index is 1.83. The van der Waals surface area contributed by atoms with Gasteiger partial charge in [0.25, 0.3) is 0 Å². The van der Waals surface area contributed by atoms with E-state index in [9.17, 15) is 18.0 Å². The number of piperidine rings is 1. The van der Waals surface area contributed by atoms with Gasteiger partial charge in [-0.2, -0.15) is 0 Å². The molecule has 1 heterocycles. The quantitative estimate of drug-likeness (QED) is 0.362. The van der Waals surface area contributed by atoms with Gasteiger partial charge in [-0.25, -0.2) is 12.7 Å². The number of benzene rings is 2. The first-order valence-corrected chi connectivity index (χ1v) is 15.6. The highest BCUT2D eigenvalue weighted by atomic mass is 35.5. The van der Waals surface area contributed by atoms with Crippen LogP contribution in [0.3, 0.4) is 0 Å². The molecule has 2 aromatic carbocycles. The van der Waals surface area contributed by atoms with Crippen molar-refractivity contribution >= 4 is 45.1 Å². The van der Waals surface area contributed by atoms with Crippen LogP contribution in [0.1, 0.15) is 62.6 Å². The highest BCUT2D eigenvalue weighted by Crippen LogP contribution is 2.53. The molecule has 2 aromatic rings. The summed E-state index contributed by atoms with van der Waals surface area (Å²) in [6.45, 7) is 3.76. The van der Waals surface area contributed by atoms with E-state index in [-0.39, 0.29) is 23.6 Å². The Hall–Kier alpha value is -2.13. The lowest BCUT2D eigenvalue weighted by atomic mass is 9.57. The van der Waals surface area contributed by atoms with Crippen LogP contribution in [0.15, 0.2) is 48.5 Å². The van der Waals surface area contributed by atoms with Gasteiger partial charge in [-0.3, -0.25) is 9.59 Å². The van der Waals surface area contributed by atoms with Gasteiger partial charge in [-0.1, -0.05) is 67.7 Å². The Morgan fingerprint density at radius 2 is 1.79 bits per heavy atom. The van der Waals surface area contributed by atoms with E-state index in [2.05, 4.69) is 5.32 Å². The van der Waals surface area contributed by atoms with Crippen molar-refractivity contribution < 1.29 is 22.7 Å². The van der Waals surface area contributed by atoms with Gasteiger partial charge in [0.05, 0.1) is 29.7 Å². The molecule has 0 aromatic heterocycles. The molecule has 2 fully saturated rings. The van der Waals surface area contributed by atoms with Gasteiger partial charge in [-0.05, 0) is 60.6 Å². The van der Waals surface area contributed by atoms with Crippen LogP contribution in [0.4, 0.5) is 0 Å². The summed E-state index contributed by atoms with van der Waals surface area (Å²) in [5.41, 5.74) is 0.557. The van der Waals surface area contributed by atoms with Crippen LogP contribution in [-0.4, -0.2) is 50.6 Å². The van der Waals surface area contributed by atoms with Gasteiger partial charge in [-0.15, -0.1) is 0 Å². The average Bonchev–Trinajstić information content (AvgIpc) is 3.78. The number of ether oxygens (including phenoxy) is 1. The topological polar surface area (TPSA) is 92.8 Å². The number of hydrogen-bond donors (Lipinski definition) is 1. The maximum Gasteiger partial charge on any atom is 0.309 e. The summed E-state index contributed by atoms with van der Waals surface area (Å²) in [5.74, 6) is -2.32. The summed E-state index contributed by atoms with van der Waals surface area (Å²) in [6, 6.07) is 14.4. The minimum absolute atomic E-state index is 0.123. The number of nitrogens with zero attached hydrogens (tertiary/aromatic N) is 1. The Labute approximate surface area is 241 Å². The molecule has 2 aliphatic rings. The Bertz CT molecular complexity index is 1320. The summed E-state index contributed by atoms with van der Waals surface area (Å²) in [7, 11) is -0.603. The molecule has 4 rings (SSSR count). The number of methoxy groups -OCH3 is 1. The molecular formula is C29H36Cl2N2O5S. The van der Waals surface area contributed by atoms with Crippen molar-refractivity contribution in [1.29, 1.82) is 0 Å². The maximum atomic E-state index is 14.3. The fraction of sp³-hybridized carbons (Fsp3) is 0.517. The summed E-state index contributed by atoms with van der Waals surface area (Å²) in [6.07, 6.45) is 2.09. The highest BCUT2D eigenvalue weighted by molar-refractivity contribution is 7.90. The van der Waals surface area contributed by atoms with E-state index in [0.29, 0.717) is 35.7 Å². The van der Waals surface area contributed by atoms with Gasteiger partial charge in [0.15, 0.2) is 0 Å². The molecule has 1 saturated carbocycles. The molecule has 212 valence electrons. The second-order valence-corrected chi connectivity index (χ2v) is 14.0. The van der Waals surface area contributed by atoms with Crippen LogP contribution < -0.4 is 5.32 Å². The molecule has 0 bridgehead atoms. The first-order chi connectivity index (χ1) is 18.4. The van der Waals surface area contributed by atoms with Crippen molar-refractivity contribution in [3.63, 3.8) is 0 Å². The molecule has 1 saturated heterocycles. The number of amides is 1. The molecule has 1 amide bonds. The zero-order valence-electron chi connectivity index (χ0n) is 22.7. The van der Waals surface area contributed by atoms with E-state index in [0.717, 1.165) is 11.1 Å².